The smallest absolute Gasteiger partial charge is 0.135 e. The Hall–Kier alpha value is -6.62. The lowest BCUT2D eigenvalue weighted by atomic mass is 10.0. The number of benzene rings is 10. The third kappa shape index (κ3) is 5.47. The van der Waals surface area contributed by atoms with E-state index in [1.54, 1.807) is 0 Å². The zero-order valence-electron chi connectivity index (χ0n) is 32.1. The molecule has 0 atom stereocenters. The van der Waals surface area contributed by atoms with Crippen LogP contribution in [0.3, 0.4) is 0 Å². The van der Waals surface area contributed by atoms with Gasteiger partial charge in [-0.25, -0.2) is 0 Å². The zero-order chi connectivity index (χ0) is 38.9. The SMILES string of the molecule is c1ccc2cc([Si](c3ccc(-c4cccc5c4sc4ccccc45)cc3)(c3ccc(-c4cccc5c4sc4ccccc45)cc3)c3ccc4ccccc4c3)ccc2c1. The summed E-state index contributed by atoms with van der Waals surface area (Å²) in [5.41, 5.74) is 5.08. The first-order valence-corrected chi connectivity index (χ1v) is 23.9. The summed E-state index contributed by atoms with van der Waals surface area (Å²) in [7, 11) is -2.94. The number of rotatable bonds is 6. The van der Waals surface area contributed by atoms with Crippen molar-refractivity contribution in [3.05, 3.63) is 218 Å². The Morgan fingerprint density at radius 3 is 1.10 bits per heavy atom. The fraction of sp³-hybridized carbons (Fsp3) is 0. The largest absolute Gasteiger partial charge is 0.179 e. The van der Waals surface area contributed by atoms with Crippen molar-refractivity contribution in [2.75, 3.05) is 0 Å². The van der Waals surface area contributed by atoms with Crippen LogP contribution in [-0.2, 0) is 0 Å². The molecule has 0 N–H and O–H groups in total. The van der Waals surface area contributed by atoms with Gasteiger partial charge in [0.2, 0.25) is 0 Å². The van der Waals surface area contributed by atoms with Crippen LogP contribution in [-0.4, -0.2) is 8.07 Å². The van der Waals surface area contributed by atoms with Crippen LogP contribution in [0.1, 0.15) is 0 Å². The van der Waals surface area contributed by atoms with Crippen molar-refractivity contribution in [3.8, 4) is 22.3 Å². The molecule has 0 aliphatic rings. The third-order valence-electron chi connectivity index (χ3n) is 12.4. The summed E-state index contributed by atoms with van der Waals surface area (Å²) in [5.74, 6) is 0. The Morgan fingerprint density at radius 2 is 0.644 bits per heavy atom. The molecule has 3 heteroatoms. The lowest BCUT2D eigenvalue weighted by Gasteiger charge is -2.35. The normalized spacial score (nSPS) is 12.1. The van der Waals surface area contributed by atoms with Gasteiger partial charge < -0.3 is 0 Å². The second kappa shape index (κ2) is 13.8. The predicted octanol–water partition coefficient (Wildman–Crippen LogP) is 13.4. The monoisotopic (exact) mass is 800 g/mol. The van der Waals surface area contributed by atoms with Crippen molar-refractivity contribution in [2.24, 2.45) is 0 Å². The number of fused-ring (bicyclic) bond motifs is 8. The Kier molecular flexibility index (Phi) is 8.02. The van der Waals surface area contributed by atoms with Crippen LogP contribution in [0.4, 0.5) is 0 Å². The number of thiophene rings is 2. The molecule has 0 unspecified atom stereocenters. The van der Waals surface area contributed by atoms with Crippen LogP contribution in [0.2, 0.25) is 0 Å². The van der Waals surface area contributed by atoms with Gasteiger partial charge in [-0.1, -0.05) is 206 Å². The maximum absolute atomic E-state index is 2.94. The van der Waals surface area contributed by atoms with Crippen molar-refractivity contribution < 1.29 is 0 Å². The molecule has 0 spiro atoms. The molecule has 2 heterocycles. The molecule has 10 aromatic carbocycles. The van der Waals surface area contributed by atoms with E-state index in [9.17, 15) is 0 Å². The minimum absolute atomic E-state index is 1.25. The highest BCUT2D eigenvalue weighted by Crippen LogP contribution is 2.41. The summed E-state index contributed by atoms with van der Waals surface area (Å²) in [5, 5.41) is 15.9. The van der Waals surface area contributed by atoms with E-state index in [-0.39, 0.29) is 0 Å². The molecule has 2 aromatic heterocycles. The van der Waals surface area contributed by atoms with Crippen LogP contribution in [0.15, 0.2) is 218 Å². The first-order valence-electron chi connectivity index (χ1n) is 20.2. The highest BCUT2D eigenvalue weighted by molar-refractivity contribution is 7.26. The maximum atomic E-state index is 2.48. The molecule has 0 fully saturated rings. The zero-order valence-corrected chi connectivity index (χ0v) is 34.7. The molecular weight excluding hydrogens is 765 g/mol. The van der Waals surface area contributed by atoms with Gasteiger partial charge in [-0.15, -0.1) is 22.7 Å². The Bertz CT molecular complexity index is 3320. The van der Waals surface area contributed by atoms with Gasteiger partial charge >= 0.3 is 0 Å². The standard InChI is InChI=1S/C56H36S2Si/c1-3-13-41-35-45(33-23-37(41)11-1)59(46-34-24-38-12-2-4-14-42(38)36-46,43-29-25-39(26-30-43)47-17-9-19-51-49-15-5-7-21-53(49)57-55(47)51)44-31-27-40(28-32-44)48-18-10-20-52-50-16-6-8-22-54(50)58-56(48)52/h1-36H. The molecule has 12 rings (SSSR count). The number of hydrogen-bond acceptors (Lipinski definition) is 2. The molecule has 12 aromatic rings. The molecule has 276 valence electrons. The van der Waals surface area contributed by atoms with E-state index in [4.69, 9.17) is 0 Å². The van der Waals surface area contributed by atoms with Gasteiger partial charge in [-0.05, 0) is 76.7 Å². The summed E-state index contributed by atoms with van der Waals surface area (Å²) in [6, 6.07) is 82.5. The van der Waals surface area contributed by atoms with Crippen LogP contribution in [0, 0.1) is 0 Å². The van der Waals surface area contributed by atoms with Gasteiger partial charge in [0.15, 0.2) is 8.07 Å². The maximum Gasteiger partial charge on any atom is 0.179 e. The van der Waals surface area contributed by atoms with Crippen LogP contribution >= 0.6 is 22.7 Å². The first kappa shape index (κ1) is 34.4. The topological polar surface area (TPSA) is 0 Å². The fourth-order valence-corrected chi connectivity index (χ4v) is 16.8. The summed E-state index contributed by atoms with van der Waals surface area (Å²) in [4.78, 5) is 0. The quantitative estimate of drug-likeness (QED) is 0.116. The van der Waals surface area contributed by atoms with E-state index >= 15 is 0 Å². The van der Waals surface area contributed by atoms with E-state index in [2.05, 4.69) is 218 Å². The van der Waals surface area contributed by atoms with E-state index in [1.807, 2.05) is 22.7 Å². The molecule has 0 radical (unpaired) electrons. The molecular formula is C56H36S2Si. The first-order chi connectivity index (χ1) is 29.2. The Balaban J connectivity index is 1.10. The van der Waals surface area contributed by atoms with Crippen LogP contribution in [0.25, 0.3) is 84.1 Å². The minimum atomic E-state index is -2.94. The summed E-state index contributed by atoms with van der Waals surface area (Å²) in [6.45, 7) is 0. The van der Waals surface area contributed by atoms with Crippen molar-refractivity contribution in [2.45, 2.75) is 0 Å². The van der Waals surface area contributed by atoms with Gasteiger partial charge in [0.1, 0.15) is 0 Å². The van der Waals surface area contributed by atoms with Crippen molar-refractivity contribution in [1.29, 1.82) is 0 Å². The van der Waals surface area contributed by atoms with Gasteiger partial charge in [0.05, 0.1) is 0 Å². The van der Waals surface area contributed by atoms with E-state index in [1.165, 1.54) is 105 Å². The molecule has 0 aliphatic carbocycles. The Labute approximate surface area is 351 Å². The van der Waals surface area contributed by atoms with Crippen LogP contribution in [0.5, 0.6) is 0 Å². The van der Waals surface area contributed by atoms with Crippen molar-refractivity contribution in [3.63, 3.8) is 0 Å². The molecule has 59 heavy (non-hydrogen) atoms. The van der Waals surface area contributed by atoms with E-state index in [0.29, 0.717) is 0 Å². The third-order valence-corrected chi connectivity index (χ3v) is 19.6. The summed E-state index contributed by atoms with van der Waals surface area (Å²) < 4.78 is 5.35. The van der Waals surface area contributed by atoms with Gasteiger partial charge in [0.25, 0.3) is 0 Å². The molecule has 0 saturated carbocycles. The minimum Gasteiger partial charge on any atom is -0.135 e. The van der Waals surface area contributed by atoms with Crippen molar-refractivity contribution in [1.82, 2.24) is 0 Å². The summed E-state index contributed by atoms with van der Waals surface area (Å²) >= 11 is 3.79. The molecule has 0 bridgehead atoms. The highest BCUT2D eigenvalue weighted by atomic mass is 32.1. The Morgan fingerprint density at radius 1 is 0.271 bits per heavy atom. The summed E-state index contributed by atoms with van der Waals surface area (Å²) in [6.07, 6.45) is 0. The molecule has 0 saturated heterocycles. The van der Waals surface area contributed by atoms with Crippen molar-refractivity contribution >= 4 is 113 Å². The molecule has 0 amide bonds. The molecule has 0 aliphatic heterocycles. The predicted molar refractivity (Wildman–Crippen MR) is 262 cm³/mol. The van der Waals surface area contributed by atoms with Gasteiger partial charge in [0, 0.05) is 40.3 Å². The molecule has 0 nitrogen and oxygen atoms in total. The second-order valence-corrected chi connectivity index (χ2v) is 21.5. The van der Waals surface area contributed by atoms with Gasteiger partial charge in [-0.2, -0.15) is 0 Å². The second-order valence-electron chi connectivity index (χ2n) is 15.6. The highest BCUT2D eigenvalue weighted by Gasteiger charge is 2.42. The number of hydrogen-bond donors (Lipinski definition) is 0. The lowest BCUT2D eigenvalue weighted by molar-refractivity contribution is 1.66. The lowest BCUT2D eigenvalue weighted by Crippen LogP contribution is -2.74. The van der Waals surface area contributed by atoms with Crippen LogP contribution < -0.4 is 20.7 Å². The average molecular weight is 801 g/mol. The fourth-order valence-electron chi connectivity index (χ4n) is 9.59. The van der Waals surface area contributed by atoms with E-state index < -0.39 is 8.07 Å². The average Bonchev–Trinajstić information content (AvgIpc) is 3.89. The van der Waals surface area contributed by atoms with E-state index in [0.717, 1.165) is 0 Å². The van der Waals surface area contributed by atoms with Gasteiger partial charge in [-0.3, -0.25) is 0 Å².